The van der Waals surface area contributed by atoms with Gasteiger partial charge in [-0.1, -0.05) is 30.4 Å². The fraction of sp³-hybridized carbons (Fsp3) is 0.438. The number of benzene rings is 1. The van der Waals surface area contributed by atoms with Crippen LogP contribution >= 0.6 is 0 Å². The molecule has 2 atom stereocenters. The minimum atomic E-state index is 0.0563. The van der Waals surface area contributed by atoms with Crippen molar-refractivity contribution >= 4 is 11.6 Å². The molecular formula is C16H20N2O. The van der Waals surface area contributed by atoms with Gasteiger partial charge in [0.25, 0.3) is 0 Å². The van der Waals surface area contributed by atoms with Crippen molar-refractivity contribution < 1.29 is 4.79 Å². The van der Waals surface area contributed by atoms with Crippen molar-refractivity contribution in [1.29, 1.82) is 0 Å². The predicted octanol–water partition coefficient (Wildman–Crippen LogP) is 2.50. The van der Waals surface area contributed by atoms with E-state index in [-0.39, 0.29) is 11.8 Å². The summed E-state index contributed by atoms with van der Waals surface area (Å²) in [6.07, 6.45) is 8.33. The third-order valence-corrected chi connectivity index (χ3v) is 4.01. The average Bonchev–Trinajstić information content (AvgIpc) is 2.48. The van der Waals surface area contributed by atoms with E-state index in [9.17, 15) is 4.79 Å². The molecule has 0 fully saturated rings. The molecule has 0 radical (unpaired) electrons. The maximum atomic E-state index is 12.3. The Morgan fingerprint density at radius 3 is 3.00 bits per heavy atom. The number of amides is 1. The Morgan fingerprint density at radius 2 is 2.16 bits per heavy atom. The highest BCUT2D eigenvalue weighted by Crippen LogP contribution is 2.24. The number of carbonyl (C=O) groups excluding carboxylic acids is 1. The van der Waals surface area contributed by atoms with Gasteiger partial charge in [0.05, 0.1) is 5.92 Å². The first-order chi connectivity index (χ1) is 9.33. The fourth-order valence-electron chi connectivity index (χ4n) is 2.87. The molecule has 3 rings (SSSR count). The van der Waals surface area contributed by atoms with Crippen LogP contribution in [0.3, 0.4) is 0 Å². The lowest BCUT2D eigenvalue weighted by Gasteiger charge is -2.28. The minimum absolute atomic E-state index is 0.0563. The van der Waals surface area contributed by atoms with Crippen molar-refractivity contribution in [3.8, 4) is 0 Å². The van der Waals surface area contributed by atoms with Crippen LogP contribution in [0.1, 0.15) is 24.8 Å². The fourth-order valence-corrected chi connectivity index (χ4v) is 2.87. The lowest BCUT2D eigenvalue weighted by Crippen LogP contribution is -2.43. The van der Waals surface area contributed by atoms with Crippen molar-refractivity contribution in [3.05, 3.63) is 42.0 Å². The van der Waals surface area contributed by atoms with E-state index in [1.165, 1.54) is 11.3 Å². The van der Waals surface area contributed by atoms with Gasteiger partial charge < -0.3 is 10.6 Å². The van der Waals surface area contributed by atoms with Gasteiger partial charge in [-0.2, -0.15) is 0 Å². The number of hydrogen-bond acceptors (Lipinski definition) is 2. The van der Waals surface area contributed by atoms with Crippen LogP contribution in [-0.4, -0.2) is 18.5 Å². The first kappa shape index (κ1) is 12.3. The van der Waals surface area contributed by atoms with E-state index in [1.807, 2.05) is 12.1 Å². The zero-order chi connectivity index (χ0) is 13.1. The van der Waals surface area contributed by atoms with Crippen LogP contribution in [-0.2, 0) is 11.2 Å². The first-order valence-corrected chi connectivity index (χ1v) is 7.10. The summed E-state index contributed by atoms with van der Waals surface area (Å²) < 4.78 is 0. The Morgan fingerprint density at radius 1 is 1.26 bits per heavy atom. The van der Waals surface area contributed by atoms with Gasteiger partial charge in [0.2, 0.25) is 5.91 Å². The molecule has 2 aliphatic rings. The monoisotopic (exact) mass is 256 g/mol. The summed E-state index contributed by atoms with van der Waals surface area (Å²) in [7, 11) is 0. The number of anilines is 1. The summed E-state index contributed by atoms with van der Waals surface area (Å²) in [5, 5.41) is 6.55. The van der Waals surface area contributed by atoms with E-state index in [2.05, 4.69) is 34.9 Å². The number of allylic oxidation sites excluding steroid dienone is 1. The number of para-hydroxylation sites is 1. The summed E-state index contributed by atoms with van der Waals surface area (Å²) in [4.78, 5) is 12.3. The molecule has 2 unspecified atom stereocenters. The van der Waals surface area contributed by atoms with Crippen molar-refractivity contribution in [2.75, 3.05) is 11.9 Å². The summed E-state index contributed by atoms with van der Waals surface area (Å²) in [5.41, 5.74) is 2.42. The highest BCUT2D eigenvalue weighted by Gasteiger charge is 2.25. The van der Waals surface area contributed by atoms with E-state index in [1.54, 1.807) is 0 Å². The van der Waals surface area contributed by atoms with Gasteiger partial charge in [-0.3, -0.25) is 4.79 Å². The van der Waals surface area contributed by atoms with Crippen molar-refractivity contribution in [3.63, 3.8) is 0 Å². The van der Waals surface area contributed by atoms with Crippen LogP contribution in [0.2, 0.25) is 0 Å². The minimum Gasteiger partial charge on any atom is -0.384 e. The van der Waals surface area contributed by atoms with Crippen LogP contribution in [0, 0.1) is 5.92 Å². The van der Waals surface area contributed by atoms with Crippen molar-refractivity contribution in [2.45, 2.75) is 31.7 Å². The maximum Gasteiger partial charge on any atom is 0.225 e. The number of carbonyl (C=O) groups is 1. The zero-order valence-corrected chi connectivity index (χ0v) is 11.1. The summed E-state index contributed by atoms with van der Waals surface area (Å²) >= 11 is 0. The van der Waals surface area contributed by atoms with Crippen LogP contribution in [0.15, 0.2) is 36.4 Å². The molecule has 2 N–H and O–H groups in total. The van der Waals surface area contributed by atoms with E-state index >= 15 is 0 Å². The number of nitrogens with one attached hydrogen (secondary N) is 2. The normalized spacial score (nSPS) is 25.3. The molecule has 3 nitrogen and oxygen atoms in total. The van der Waals surface area contributed by atoms with Crippen LogP contribution < -0.4 is 10.6 Å². The van der Waals surface area contributed by atoms with Gasteiger partial charge in [-0.25, -0.2) is 0 Å². The van der Waals surface area contributed by atoms with Gasteiger partial charge in [-0.15, -0.1) is 0 Å². The largest absolute Gasteiger partial charge is 0.384 e. The third-order valence-electron chi connectivity index (χ3n) is 4.01. The Labute approximate surface area is 114 Å². The number of rotatable bonds is 2. The Balaban J connectivity index is 1.61. The zero-order valence-electron chi connectivity index (χ0n) is 11.1. The molecule has 0 saturated carbocycles. The number of fused-ring (bicyclic) bond motifs is 1. The van der Waals surface area contributed by atoms with Gasteiger partial charge >= 0.3 is 0 Å². The molecule has 0 bridgehead atoms. The van der Waals surface area contributed by atoms with Gasteiger partial charge in [0.1, 0.15) is 0 Å². The number of hydrogen-bond donors (Lipinski definition) is 2. The van der Waals surface area contributed by atoms with Crippen LogP contribution in [0.4, 0.5) is 5.69 Å². The predicted molar refractivity (Wildman–Crippen MR) is 77.0 cm³/mol. The highest BCUT2D eigenvalue weighted by atomic mass is 16.2. The van der Waals surface area contributed by atoms with Crippen LogP contribution in [0.25, 0.3) is 0 Å². The average molecular weight is 256 g/mol. The smallest absolute Gasteiger partial charge is 0.225 e. The molecule has 0 spiro atoms. The summed E-state index contributed by atoms with van der Waals surface area (Å²) in [6, 6.07) is 8.57. The molecule has 0 aromatic heterocycles. The van der Waals surface area contributed by atoms with E-state index < -0.39 is 0 Å². The van der Waals surface area contributed by atoms with Gasteiger partial charge in [-0.05, 0) is 37.3 Å². The molecule has 1 aromatic carbocycles. The molecule has 1 aromatic rings. The Kier molecular flexibility index (Phi) is 3.53. The highest BCUT2D eigenvalue weighted by molar-refractivity contribution is 5.81. The molecule has 1 heterocycles. The van der Waals surface area contributed by atoms with Crippen molar-refractivity contribution in [2.24, 2.45) is 5.92 Å². The standard InChI is InChI=1S/C16H20N2O/c19-16(18-14-7-2-1-3-8-14)13-10-12-6-4-5-9-15(12)17-11-13/h1-2,4-6,9,13-14,17H,3,7-8,10-11H2,(H,18,19). The third kappa shape index (κ3) is 2.80. The first-order valence-electron chi connectivity index (χ1n) is 7.10. The van der Waals surface area contributed by atoms with E-state index in [4.69, 9.17) is 0 Å². The quantitative estimate of drug-likeness (QED) is 0.798. The second kappa shape index (κ2) is 5.47. The van der Waals surface area contributed by atoms with Gasteiger partial charge in [0.15, 0.2) is 0 Å². The SMILES string of the molecule is O=C(NC1CC=CCC1)C1CNc2ccccc2C1. The summed E-state index contributed by atoms with van der Waals surface area (Å²) in [6.45, 7) is 0.741. The molecule has 0 saturated heterocycles. The molecule has 3 heteroatoms. The van der Waals surface area contributed by atoms with Crippen molar-refractivity contribution in [1.82, 2.24) is 5.32 Å². The lowest BCUT2D eigenvalue weighted by molar-refractivity contribution is -0.125. The molecule has 1 aliphatic heterocycles. The van der Waals surface area contributed by atoms with E-state index in [0.29, 0.717) is 6.04 Å². The Bertz CT molecular complexity index is 495. The summed E-state index contributed by atoms with van der Waals surface area (Å²) in [5.74, 6) is 0.253. The topological polar surface area (TPSA) is 41.1 Å². The van der Waals surface area contributed by atoms with Gasteiger partial charge in [0, 0.05) is 18.3 Å². The molecule has 1 aliphatic carbocycles. The molecule has 19 heavy (non-hydrogen) atoms. The second-order valence-electron chi connectivity index (χ2n) is 5.43. The van der Waals surface area contributed by atoms with Crippen LogP contribution in [0.5, 0.6) is 0 Å². The second-order valence-corrected chi connectivity index (χ2v) is 5.43. The lowest BCUT2D eigenvalue weighted by atomic mass is 9.92. The Hall–Kier alpha value is -1.77. The maximum absolute atomic E-state index is 12.3. The molecule has 100 valence electrons. The van der Waals surface area contributed by atoms with E-state index in [0.717, 1.165) is 32.2 Å². The molecular weight excluding hydrogens is 236 g/mol. The molecule has 1 amide bonds.